The number of amides is 1. The average molecular weight is 462 g/mol. The van der Waals surface area contributed by atoms with Crippen molar-refractivity contribution in [3.8, 4) is 22.8 Å². The molecule has 4 aromatic rings. The van der Waals surface area contributed by atoms with E-state index in [9.17, 15) is 4.79 Å². The lowest BCUT2D eigenvalue weighted by Gasteiger charge is -2.11. The van der Waals surface area contributed by atoms with E-state index < -0.39 is 0 Å². The second kappa shape index (κ2) is 9.46. The lowest BCUT2D eigenvalue weighted by Crippen LogP contribution is -2.24. The molecule has 3 heterocycles. The molecule has 1 amide bonds. The first-order valence-corrected chi connectivity index (χ1v) is 11.6. The number of aromatic nitrogens is 2. The number of aryl methyl sites for hydroxylation is 1. The largest absolute Gasteiger partial charge is 0.467 e. The molecule has 2 aromatic heterocycles. The number of thioether (sulfide) groups is 1. The van der Waals surface area contributed by atoms with Crippen molar-refractivity contribution in [2.24, 2.45) is 0 Å². The maximum atomic E-state index is 12.5. The number of fused-ring (bicyclic) bond motifs is 1. The summed E-state index contributed by atoms with van der Waals surface area (Å²) in [5.41, 5.74) is 4.21. The van der Waals surface area contributed by atoms with E-state index in [1.54, 1.807) is 6.26 Å². The molecule has 7 nitrogen and oxygen atoms in total. The molecule has 0 saturated heterocycles. The molecule has 1 aliphatic rings. The van der Waals surface area contributed by atoms with Gasteiger partial charge in [-0.1, -0.05) is 47.7 Å². The van der Waals surface area contributed by atoms with Gasteiger partial charge >= 0.3 is 0 Å². The first-order valence-electron chi connectivity index (χ1n) is 10.6. The van der Waals surface area contributed by atoms with E-state index in [2.05, 4.69) is 46.1 Å². The highest BCUT2D eigenvalue weighted by Crippen LogP contribution is 2.32. The summed E-state index contributed by atoms with van der Waals surface area (Å²) >= 11 is 1.40. The van der Waals surface area contributed by atoms with Crippen LogP contribution in [-0.2, 0) is 17.9 Å². The molecule has 0 aliphatic carbocycles. The number of nitrogens with zero attached hydrogens (tertiary/aromatic N) is 2. The van der Waals surface area contributed by atoms with E-state index in [0.717, 1.165) is 33.5 Å². The second-order valence-corrected chi connectivity index (χ2v) is 8.65. The van der Waals surface area contributed by atoms with Crippen molar-refractivity contribution in [2.45, 2.75) is 25.2 Å². The minimum Gasteiger partial charge on any atom is -0.467 e. The highest BCUT2D eigenvalue weighted by molar-refractivity contribution is 7.99. The molecule has 1 N–H and O–H groups in total. The maximum Gasteiger partial charge on any atom is 0.231 e. The second-order valence-electron chi connectivity index (χ2n) is 7.71. The molecule has 0 saturated carbocycles. The Morgan fingerprint density at radius 1 is 1.12 bits per heavy atom. The number of furan rings is 1. The Labute approximate surface area is 195 Å². The summed E-state index contributed by atoms with van der Waals surface area (Å²) in [6.07, 6.45) is 3.51. The van der Waals surface area contributed by atoms with Crippen LogP contribution in [0.3, 0.4) is 0 Å². The van der Waals surface area contributed by atoms with Gasteiger partial charge in [0.05, 0.1) is 30.5 Å². The highest BCUT2D eigenvalue weighted by atomic mass is 32.2. The third-order valence-electron chi connectivity index (χ3n) is 5.32. The fraction of sp³-hybridized carbons (Fsp3) is 0.200. The number of ether oxygens (including phenoxy) is 2. The summed E-state index contributed by atoms with van der Waals surface area (Å²) in [4.78, 5) is 17.1. The molecule has 1 aliphatic heterocycles. The van der Waals surface area contributed by atoms with Crippen LogP contribution in [0.25, 0.3) is 11.3 Å². The molecule has 168 valence electrons. The van der Waals surface area contributed by atoms with E-state index in [4.69, 9.17) is 13.9 Å². The van der Waals surface area contributed by atoms with Crippen LogP contribution in [0, 0.1) is 6.92 Å². The Morgan fingerprint density at radius 3 is 2.79 bits per heavy atom. The maximum absolute atomic E-state index is 12.5. The third-order valence-corrected chi connectivity index (χ3v) is 6.31. The van der Waals surface area contributed by atoms with Crippen molar-refractivity contribution < 1.29 is 18.7 Å². The Balaban J connectivity index is 1.26. The fourth-order valence-electron chi connectivity index (χ4n) is 3.57. The third kappa shape index (κ3) is 4.90. The minimum absolute atomic E-state index is 0.0675. The summed E-state index contributed by atoms with van der Waals surface area (Å²) in [5, 5.41) is 3.72. The molecular formula is C25H23N3O4S. The van der Waals surface area contributed by atoms with Gasteiger partial charge in [0.1, 0.15) is 5.76 Å². The molecule has 33 heavy (non-hydrogen) atoms. The topological polar surface area (TPSA) is 78.5 Å². The molecule has 0 fully saturated rings. The van der Waals surface area contributed by atoms with Crippen molar-refractivity contribution in [3.63, 3.8) is 0 Å². The van der Waals surface area contributed by atoms with Gasteiger partial charge in [-0.3, -0.25) is 4.79 Å². The van der Waals surface area contributed by atoms with Crippen LogP contribution in [0.1, 0.15) is 16.9 Å². The van der Waals surface area contributed by atoms with Crippen molar-refractivity contribution >= 4 is 17.7 Å². The van der Waals surface area contributed by atoms with Crippen LogP contribution in [-0.4, -0.2) is 28.0 Å². The van der Waals surface area contributed by atoms with Gasteiger partial charge in [-0.2, -0.15) is 0 Å². The number of benzene rings is 2. The predicted molar refractivity (Wildman–Crippen MR) is 125 cm³/mol. The van der Waals surface area contributed by atoms with Crippen LogP contribution < -0.4 is 14.8 Å². The van der Waals surface area contributed by atoms with Crippen molar-refractivity contribution in [3.05, 3.63) is 83.9 Å². The Morgan fingerprint density at radius 2 is 1.97 bits per heavy atom. The normalized spacial score (nSPS) is 12.2. The van der Waals surface area contributed by atoms with E-state index >= 15 is 0 Å². The molecular weight excluding hydrogens is 438 g/mol. The van der Waals surface area contributed by atoms with Gasteiger partial charge in [-0.25, -0.2) is 4.98 Å². The number of carbonyl (C=O) groups is 1. The summed E-state index contributed by atoms with van der Waals surface area (Å²) < 4.78 is 18.4. The molecule has 0 spiro atoms. The van der Waals surface area contributed by atoms with E-state index in [-0.39, 0.29) is 18.5 Å². The number of hydrogen-bond acceptors (Lipinski definition) is 6. The SMILES string of the molecule is Cc1ccc(-c2cnc(SCC(=O)NCc3ccc4c(c3)OCO4)n2Cc2ccco2)cc1. The Kier molecular flexibility index (Phi) is 6.08. The van der Waals surface area contributed by atoms with Gasteiger partial charge in [0.25, 0.3) is 0 Å². The van der Waals surface area contributed by atoms with E-state index in [1.165, 1.54) is 17.3 Å². The van der Waals surface area contributed by atoms with Crippen LogP contribution in [0.15, 0.2) is 76.6 Å². The molecule has 0 radical (unpaired) electrons. The summed E-state index contributed by atoms with van der Waals surface area (Å²) in [7, 11) is 0. The van der Waals surface area contributed by atoms with Gasteiger partial charge in [0.15, 0.2) is 16.7 Å². The number of rotatable bonds is 8. The zero-order valence-electron chi connectivity index (χ0n) is 18.1. The van der Waals surface area contributed by atoms with Crippen LogP contribution in [0.5, 0.6) is 11.5 Å². The Hall–Kier alpha value is -3.65. The molecule has 5 rings (SSSR count). The smallest absolute Gasteiger partial charge is 0.231 e. The van der Waals surface area contributed by atoms with E-state index in [1.807, 2.05) is 36.5 Å². The van der Waals surface area contributed by atoms with Gasteiger partial charge in [0.2, 0.25) is 12.7 Å². The fourth-order valence-corrected chi connectivity index (χ4v) is 4.38. The van der Waals surface area contributed by atoms with Gasteiger partial charge in [-0.05, 0) is 42.3 Å². The zero-order chi connectivity index (χ0) is 22.6. The summed E-state index contributed by atoms with van der Waals surface area (Å²) in [6.45, 7) is 3.26. The molecule has 8 heteroatoms. The summed E-state index contributed by atoms with van der Waals surface area (Å²) in [6, 6.07) is 17.8. The number of nitrogens with one attached hydrogen (secondary N) is 1. The first-order chi connectivity index (χ1) is 16.2. The van der Waals surface area contributed by atoms with Crippen LogP contribution in [0.2, 0.25) is 0 Å². The lowest BCUT2D eigenvalue weighted by molar-refractivity contribution is -0.118. The lowest BCUT2D eigenvalue weighted by atomic mass is 10.1. The first kappa shape index (κ1) is 21.2. The van der Waals surface area contributed by atoms with Gasteiger partial charge in [0, 0.05) is 6.54 Å². The number of hydrogen-bond donors (Lipinski definition) is 1. The van der Waals surface area contributed by atoms with E-state index in [0.29, 0.717) is 18.8 Å². The van der Waals surface area contributed by atoms with Crippen LogP contribution >= 0.6 is 11.8 Å². The standard InChI is InChI=1S/C25H23N3O4S/c1-17-4-7-19(8-5-17)21-13-27-25(28(21)14-20-3-2-10-30-20)33-15-24(29)26-12-18-6-9-22-23(11-18)32-16-31-22/h2-11,13H,12,14-16H2,1H3,(H,26,29). The zero-order valence-corrected chi connectivity index (χ0v) is 18.9. The molecule has 0 atom stereocenters. The van der Waals surface area contributed by atoms with Crippen molar-refractivity contribution in [1.29, 1.82) is 0 Å². The van der Waals surface area contributed by atoms with Gasteiger partial charge < -0.3 is 23.8 Å². The molecule has 0 unspecified atom stereocenters. The number of imidazole rings is 1. The molecule has 0 bridgehead atoms. The van der Waals surface area contributed by atoms with Crippen LogP contribution in [0.4, 0.5) is 0 Å². The summed E-state index contributed by atoms with van der Waals surface area (Å²) in [5.74, 6) is 2.46. The molecule has 2 aromatic carbocycles. The quantitative estimate of drug-likeness (QED) is 0.385. The van der Waals surface area contributed by atoms with Crippen molar-refractivity contribution in [2.75, 3.05) is 12.5 Å². The Bertz CT molecular complexity index is 1250. The average Bonchev–Trinajstić information content (AvgIpc) is 3.58. The number of carbonyl (C=O) groups excluding carboxylic acids is 1. The highest BCUT2D eigenvalue weighted by Gasteiger charge is 2.16. The van der Waals surface area contributed by atoms with Crippen molar-refractivity contribution in [1.82, 2.24) is 14.9 Å². The predicted octanol–water partition coefficient (Wildman–Crippen LogP) is 4.64. The monoisotopic (exact) mass is 461 g/mol. The minimum atomic E-state index is -0.0675. The van der Waals surface area contributed by atoms with Gasteiger partial charge in [-0.15, -0.1) is 0 Å².